The van der Waals surface area contributed by atoms with E-state index in [1.54, 1.807) is 0 Å². The molecule has 0 heterocycles. The number of hydrogen-bond acceptors (Lipinski definition) is 2. The van der Waals surface area contributed by atoms with Gasteiger partial charge in [-0.3, -0.25) is 0 Å². The Kier molecular flexibility index (Phi) is 7.79. The van der Waals surface area contributed by atoms with E-state index in [0.717, 1.165) is 11.4 Å². The minimum Gasteiger partial charge on any atom is -0.359 e. The predicted octanol–water partition coefficient (Wildman–Crippen LogP) is 5.95. The van der Waals surface area contributed by atoms with E-state index in [2.05, 4.69) is 86.9 Å². The highest BCUT2D eigenvalue weighted by molar-refractivity contribution is 7.98. The summed E-state index contributed by atoms with van der Waals surface area (Å²) < 4.78 is 0. The highest BCUT2D eigenvalue weighted by Crippen LogP contribution is 2.23. The fraction of sp³-hybridized carbons (Fsp3) is 0.381. The number of thioether (sulfide) groups is 1. The first-order valence-electron chi connectivity index (χ1n) is 8.80. The van der Waals surface area contributed by atoms with Gasteiger partial charge in [0.05, 0.1) is 0 Å². The maximum atomic E-state index is 5.47. The molecule has 4 heteroatoms. The molecule has 0 aliphatic heterocycles. The SMILES string of the molecule is CC(C)C(NC(=S)Nc1ccc(CSc2ccccc2)cc1)C(C)C. The van der Waals surface area contributed by atoms with Crippen LogP contribution < -0.4 is 10.6 Å². The van der Waals surface area contributed by atoms with E-state index in [-0.39, 0.29) is 0 Å². The van der Waals surface area contributed by atoms with Crippen LogP contribution in [0.1, 0.15) is 33.3 Å². The lowest BCUT2D eigenvalue weighted by Gasteiger charge is -2.27. The molecule has 0 aliphatic carbocycles. The van der Waals surface area contributed by atoms with E-state index in [1.165, 1.54) is 10.5 Å². The molecule has 0 spiro atoms. The van der Waals surface area contributed by atoms with Gasteiger partial charge in [-0.1, -0.05) is 58.0 Å². The van der Waals surface area contributed by atoms with E-state index < -0.39 is 0 Å². The zero-order valence-electron chi connectivity index (χ0n) is 15.5. The summed E-state index contributed by atoms with van der Waals surface area (Å²) in [5.74, 6) is 2.05. The number of benzene rings is 2. The minimum absolute atomic E-state index is 0.376. The van der Waals surface area contributed by atoms with Gasteiger partial charge in [-0.2, -0.15) is 0 Å². The van der Waals surface area contributed by atoms with Crippen LogP contribution in [0, 0.1) is 11.8 Å². The third-order valence-electron chi connectivity index (χ3n) is 4.09. The number of hydrogen-bond donors (Lipinski definition) is 2. The molecule has 2 nitrogen and oxygen atoms in total. The van der Waals surface area contributed by atoms with Crippen LogP contribution in [0.3, 0.4) is 0 Å². The summed E-state index contributed by atoms with van der Waals surface area (Å²) in [5, 5.41) is 7.43. The first-order chi connectivity index (χ1) is 12.0. The van der Waals surface area contributed by atoms with E-state index >= 15 is 0 Å². The Morgan fingerprint density at radius 1 is 0.920 bits per heavy atom. The minimum atomic E-state index is 0.376. The molecule has 2 aromatic carbocycles. The van der Waals surface area contributed by atoms with Crippen LogP contribution in [-0.2, 0) is 5.75 Å². The average Bonchev–Trinajstić information content (AvgIpc) is 2.59. The summed E-state index contributed by atoms with van der Waals surface area (Å²) in [4.78, 5) is 1.29. The standard InChI is InChI=1S/C21H28N2S2/c1-15(2)20(16(3)4)23-21(24)22-18-12-10-17(11-13-18)14-25-19-8-6-5-7-9-19/h5-13,15-16,20H,14H2,1-4H3,(H2,22,23,24). The molecule has 0 bridgehead atoms. The molecule has 0 aliphatic rings. The van der Waals surface area contributed by atoms with Gasteiger partial charge >= 0.3 is 0 Å². The van der Waals surface area contributed by atoms with Crippen molar-refractivity contribution < 1.29 is 0 Å². The second-order valence-electron chi connectivity index (χ2n) is 6.91. The Morgan fingerprint density at radius 3 is 2.08 bits per heavy atom. The smallest absolute Gasteiger partial charge is 0.171 e. The Hall–Kier alpha value is -1.52. The molecule has 0 fully saturated rings. The normalized spacial score (nSPS) is 11.2. The summed E-state index contributed by atoms with van der Waals surface area (Å²) in [6, 6.07) is 19.4. The molecule has 2 N–H and O–H groups in total. The second-order valence-corrected chi connectivity index (χ2v) is 8.37. The molecule has 0 saturated heterocycles. The van der Waals surface area contributed by atoms with Crippen LogP contribution >= 0.6 is 24.0 Å². The number of thiocarbonyl (C=S) groups is 1. The van der Waals surface area contributed by atoms with E-state index in [1.807, 2.05) is 17.8 Å². The van der Waals surface area contributed by atoms with Crippen LogP contribution in [0.2, 0.25) is 0 Å². The van der Waals surface area contributed by atoms with Crippen molar-refractivity contribution in [3.05, 3.63) is 60.2 Å². The molecule has 0 radical (unpaired) electrons. The lowest BCUT2D eigenvalue weighted by Crippen LogP contribution is -2.44. The summed E-state index contributed by atoms with van der Waals surface area (Å²) in [5.41, 5.74) is 2.33. The largest absolute Gasteiger partial charge is 0.359 e. The van der Waals surface area contributed by atoms with Crippen molar-refractivity contribution >= 4 is 34.8 Å². The molecular formula is C21H28N2S2. The van der Waals surface area contributed by atoms with Gasteiger partial charge in [-0.05, 0) is 53.9 Å². The van der Waals surface area contributed by atoms with Crippen molar-refractivity contribution in [3.8, 4) is 0 Å². The quantitative estimate of drug-likeness (QED) is 0.463. The van der Waals surface area contributed by atoms with Gasteiger partial charge in [0.25, 0.3) is 0 Å². The van der Waals surface area contributed by atoms with Crippen molar-refractivity contribution in [2.75, 3.05) is 5.32 Å². The molecule has 2 aromatic rings. The monoisotopic (exact) mass is 372 g/mol. The zero-order valence-corrected chi connectivity index (χ0v) is 17.1. The number of rotatable bonds is 7. The van der Waals surface area contributed by atoms with Crippen molar-refractivity contribution in [2.45, 2.75) is 44.4 Å². The molecule has 0 unspecified atom stereocenters. The highest BCUT2D eigenvalue weighted by Gasteiger charge is 2.18. The maximum absolute atomic E-state index is 5.47. The van der Waals surface area contributed by atoms with Crippen molar-refractivity contribution in [2.24, 2.45) is 11.8 Å². The fourth-order valence-corrected chi connectivity index (χ4v) is 3.92. The van der Waals surface area contributed by atoms with Crippen molar-refractivity contribution in [1.82, 2.24) is 5.32 Å². The molecule has 134 valence electrons. The van der Waals surface area contributed by atoms with Crippen LogP contribution in [0.25, 0.3) is 0 Å². The molecule has 25 heavy (non-hydrogen) atoms. The molecule has 0 atom stereocenters. The third kappa shape index (κ3) is 6.71. The summed E-state index contributed by atoms with van der Waals surface area (Å²) in [7, 11) is 0. The number of anilines is 1. The van der Waals surface area contributed by atoms with E-state index in [9.17, 15) is 0 Å². The lowest BCUT2D eigenvalue weighted by atomic mass is 9.93. The second kappa shape index (κ2) is 9.83. The van der Waals surface area contributed by atoms with Crippen molar-refractivity contribution in [3.63, 3.8) is 0 Å². The maximum Gasteiger partial charge on any atom is 0.171 e. The zero-order chi connectivity index (χ0) is 18.2. The van der Waals surface area contributed by atoms with Gasteiger partial charge in [-0.15, -0.1) is 11.8 Å². The first kappa shape index (κ1) is 19.8. The molecule has 0 saturated carbocycles. The van der Waals surface area contributed by atoms with Gasteiger partial charge < -0.3 is 10.6 Å². The van der Waals surface area contributed by atoms with Crippen LogP contribution in [0.4, 0.5) is 5.69 Å². The molecule has 0 amide bonds. The molecular weight excluding hydrogens is 344 g/mol. The summed E-state index contributed by atoms with van der Waals surface area (Å²) in [6.07, 6.45) is 0. The van der Waals surface area contributed by atoms with Crippen LogP contribution in [0.15, 0.2) is 59.5 Å². The highest BCUT2D eigenvalue weighted by atomic mass is 32.2. The molecule has 0 aromatic heterocycles. The first-order valence-corrected chi connectivity index (χ1v) is 10.2. The van der Waals surface area contributed by atoms with Gasteiger partial charge in [-0.25, -0.2) is 0 Å². The van der Waals surface area contributed by atoms with E-state index in [4.69, 9.17) is 12.2 Å². The fourth-order valence-electron chi connectivity index (χ4n) is 2.79. The lowest BCUT2D eigenvalue weighted by molar-refractivity contribution is 0.356. The predicted molar refractivity (Wildman–Crippen MR) is 115 cm³/mol. The van der Waals surface area contributed by atoms with E-state index in [0.29, 0.717) is 23.0 Å². The number of nitrogens with one attached hydrogen (secondary N) is 2. The van der Waals surface area contributed by atoms with Crippen molar-refractivity contribution in [1.29, 1.82) is 0 Å². The van der Waals surface area contributed by atoms with Gasteiger partial charge in [0, 0.05) is 22.4 Å². The molecule has 2 rings (SSSR count). The Balaban J connectivity index is 1.86. The Bertz CT molecular complexity index is 643. The Labute approximate surface area is 161 Å². The topological polar surface area (TPSA) is 24.1 Å². The van der Waals surface area contributed by atoms with Gasteiger partial charge in [0.1, 0.15) is 0 Å². The van der Waals surface area contributed by atoms with Crippen LogP contribution in [-0.4, -0.2) is 11.2 Å². The average molecular weight is 373 g/mol. The van der Waals surface area contributed by atoms with Gasteiger partial charge in [0.15, 0.2) is 5.11 Å². The third-order valence-corrected chi connectivity index (χ3v) is 5.40. The van der Waals surface area contributed by atoms with Crippen LogP contribution in [0.5, 0.6) is 0 Å². The Morgan fingerprint density at radius 2 is 1.52 bits per heavy atom. The summed E-state index contributed by atoms with van der Waals surface area (Å²) in [6.45, 7) is 8.89. The summed E-state index contributed by atoms with van der Waals surface area (Å²) >= 11 is 7.32. The van der Waals surface area contributed by atoms with Gasteiger partial charge in [0.2, 0.25) is 0 Å².